The van der Waals surface area contributed by atoms with Gasteiger partial charge in [0.2, 0.25) is 5.91 Å². The van der Waals surface area contributed by atoms with E-state index in [2.05, 4.69) is 5.32 Å². The van der Waals surface area contributed by atoms with Crippen molar-refractivity contribution < 1.29 is 13.9 Å². The van der Waals surface area contributed by atoms with Gasteiger partial charge in [-0.2, -0.15) is 0 Å². The van der Waals surface area contributed by atoms with Gasteiger partial charge in [-0.1, -0.05) is 11.6 Å². The number of benzene rings is 1. The molecule has 1 N–H and O–H groups in total. The summed E-state index contributed by atoms with van der Waals surface area (Å²) in [6.45, 7) is 5.47. The van der Waals surface area contributed by atoms with Gasteiger partial charge in [0.25, 0.3) is 0 Å². The minimum Gasteiger partial charge on any atom is -0.366 e. The summed E-state index contributed by atoms with van der Waals surface area (Å²) >= 11 is 5.53. The number of halogens is 2. The van der Waals surface area contributed by atoms with Crippen LogP contribution >= 0.6 is 11.6 Å². The Morgan fingerprint density at radius 2 is 2.12 bits per heavy atom. The summed E-state index contributed by atoms with van der Waals surface area (Å²) in [5, 5.41) is 2.54. The maximum absolute atomic E-state index is 13.1. The normalized spacial score (nSPS) is 11.4. The zero-order chi connectivity index (χ0) is 13.1. The number of hydrogen-bond donors (Lipinski definition) is 1. The fourth-order valence-electron chi connectivity index (χ4n) is 1.05. The zero-order valence-electron chi connectivity index (χ0n) is 10.0. The molecule has 1 amide bonds. The van der Waals surface area contributed by atoms with E-state index >= 15 is 0 Å². The fraction of sp³-hybridized carbons (Fsp3) is 0.417. The molecular weight excluding hydrogens is 245 g/mol. The van der Waals surface area contributed by atoms with Gasteiger partial charge in [0.1, 0.15) is 12.4 Å². The highest BCUT2D eigenvalue weighted by atomic mass is 35.5. The molecule has 0 heterocycles. The largest absolute Gasteiger partial charge is 0.366 e. The van der Waals surface area contributed by atoms with E-state index in [9.17, 15) is 9.18 Å². The molecule has 0 spiro atoms. The minimum atomic E-state index is -0.568. The Morgan fingerprint density at radius 1 is 1.47 bits per heavy atom. The van der Waals surface area contributed by atoms with Crippen molar-refractivity contribution in [2.24, 2.45) is 0 Å². The summed E-state index contributed by atoms with van der Waals surface area (Å²) < 4.78 is 18.4. The number of carbonyl (C=O) groups is 1. The van der Waals surface area contributed by atoms with E-state index in [-0.39, 0.29) is 23.1 Å². The molecule has 0 fully saturated rings. The molecule has 0 aromatic heterocycles. The predicted octanol–water partition coefficient (Wildman–Crippen LogP) is 3.23. The van der Waals surface area contributed by atoms with Crippen LogP contribution in [0.25, 0.3) is 0 Å². The molecule has 0 aliphatic rings. The van der Waals surface area contributed by atoms with E-state index in [1.54, 1.807) is 0 Å². The third-order valence-electron chi connectivity index (χ3n) is 1.84. The second-order valence-electron chi connectivity index (χ2n) is 4.58. The molecule has 0 aliphatic carbocycles. The summed E-state index contributed by atoms with van der Waals surface area (Å²) in [5.74, 6) is -0.900. The molecular formula is C12H15ClFNO2. The maximum atomic E-state index is 13.1. The molecule has 0 bridgehead atoms. The molecule has 0 saturated heterocycles. The van der Waals surface area contributed by atoms with Crippen LogP contribution in [0.15, 0.2) is 18.2 Å². The number of amides is 1. The summed E-state index contributed by atoms with van der Waals surface area (Å²) in [5.41, 5.74) is -0.0304. The average Bonchev–Trinajstić information content (AvgIpc) is 2.20. The van der Waals surface area contributed by atoms with E-state index in [0.717, 1.165) is 6.07 Å². The van der Waals surface area contributed by atoms with Crippen molar-refractivity contribution in [3.63, 3.8) is 0 Å². The summed E-state index contributed by atoms with van der Waals surface area (Å²) in [6, 6.07) is 4.08. The summed E-state index contributed by atoms with van der Waals surface area (Å²) in [6.07, 6.45) is 0. The van der Waals surface area contributed by atoms with Gasteiger partial charge in [0, 0.05) is 5.69 Å². The first-order chi connectivity index (χ1) is 7.78. The first-order valence-corrected chi connectivity index (χ1v) is 5.54. The van der Waals surface area contributed by atoms with Crippen molar-refractivity contribution in [2.45, 2.75) is 26.4 Å². The molecule has 0 atom stereocenters. The van der Waals surface area contributed by atoms with Crippen LogP contribution in [0.5, 0.6) is 0 Å². The third-order valence-corrected chi connectivity index (χ3v) is 2.15. The van der Waals surface area contributed by atoms with E-state index < -0.39 is 5.82 Å². The van der Waals surface area contributed by atoms with Crippen molar-refractivity contribution in [3.8, 4) is 0 Å². The van der Waals surface area contributed by atoms with Crippen LogP contribution < -0.4 is 5.32 Å². The lowest BCUT2D eigenvalue weighted by atomic mass is 10.2. The van der Waals surface area contributed by atoms with E-state index in [1.165, 1.54) is 12.1 Å². The summed E-state index contributed by atoms with van der Waals surface area (Å²) in [7, 11) is 0. The molecule has 1 aromatic rings. The van der Waals surface area contributed by atoms with E-state index in [0.29, 0.717) is 5.69 Å². The number of anilines is 1. The highest BCUT2D eigenvalue weighted by Gasteiger charge is 2.13. The van der Waals surface area contributed by atoms with Crippen LogP contribution in [0.2, 0.25) is 5.02 Å². The van der Waals surface area contributed by atoms with Gasteiger partial charge in [0.15, 0.2) is 0 Å². The van der Waals surface area contributed by atoms with Crippen LogP contribution in [0, 0.1) is 5.82 Å². The maximum Gasteiger partial charge on any atom is 0.250 e. The predicted molar refractivity (Wildman–Crippen MR) is 65.7 cm³/mol. The molecule has 3 nitrogen and oxygen atoms in total. The smallest absolute Gasteiger partial charge is 0.250 e. The van der Waals surface area contributed by atoms with Gasteiger partial charge in [0.05, 0.1) is 10.6 Å². The number of nitrogens with one attached hydrogen (secondary N) is 1. The van der Waals surface area contributed by atoms with Gasteiger partial charge in [-0.3, -0.25) is 4.79 Å². The fourth-order valence-corrected chi connectivity index (χ4v) is 1.17. The zero-order valence-corrected chi connectivity index (χ0v) is 10.8. The van der Waals surface area contributed by atoms with Crippen LogP contribution in [0.4, 0.5) is 10.1 Å². The lowest BCUT2D eigenvalue weighted by Crippen LogP contribution is -2.27. The van der Waals surface area contributed by atoms with Crippen molar-refractivity contribution >= 4 is 23.2 Å². The molecule has 1 rings (SSSR count). The Labute approximate surface area is 105 Å². The molecule has 17 heavy (non-hydrogen) atoms. The number of carbonyl (C=O) groups excluding carboxylic acids is 1. The van der Waals surface area contributed by atoms with E-state index in [1.807, 2.05) is 20.8 Å². The molecule has 94 valence electrons. The Morgan fingerprint density at radius 3 is 2.65 bits per heavy atom. The number of rotatable bonds is 3. The minimum absolute atomic E-state index is 0.0222. The van der Waals surface area contributed by atoms with Crippen LogP contribution in [0.3, 0.4) is 0 Å². The molecule has 0 aliphatic heterocycles. The quantitative estimate of drug-likeness (QED) is 0.905. The number of ether oxygens (including phenoxy) is 1. The average molecular weight is 260 g/mol. The van der Waals surface area contributed by atoms with Crippen LogP contribution in [0.1, 0.15) is 20.8 Å². The summed E-state index contributed by atoms with van der Waals surface area (Å²) in [4.78, 5) is 11.5. The van der Waals surface area contributed by atoms with Crippen molar-refractivity contribution in [1.29, 1.82) is 0 Å². The Hall–Kier alpha value is -1.13. The second kappa shape index (κ2) is 5.47. The monoisotopic (exact) mass is 259 g/mol. The Bertz CT molecular complexity index is 415. The van der Waals surface area contributed by atoms with Gasteiger partial charge in [-0.05, 0) is 39.0 Å². The molecule has 0 radical (unpaired) electrons. The highest BCUT2D eigenvalue weighted by molar-refractivity contribution is 6.30. The molecule has 0 unspecified atom stereocenters. The first-order valence-electron chi connectivity index (χ1n) is 5.17. The van der Waals surface area contributed by atoms with E-state index in [4.69, 9.17) is 16.3 Å². The van der Waals surface area contributed by atoms with Gasteiger partial charge in [-0.15, -0.1) is 0 Å². The Kier molecular flexibility index (Phi) is 4.48. The SMILES string of the molecule is CC(C)(C)OCC(=O)Nc1ccc(Cl)c(F)c1. The Balaban J connectivity index is 2.54. The van der Waals surface area contributed by atoms with Crippen molar-refractivity contribution in [1.82, 2.24) is 0 Å². The van der Waals surface area contributed by atoms with Gasteiger partial charge in [-0.25, -0.2) is 4.39 Å². The van der Waals surface area contributed by atoms with Crippen LogP contribution in [-0.4, -0.2) is 18.1 Å². The van der Waals surface area contributed by atoms with Crippen molar-refractivity contribution in [3.05, 3.63) is 29.0 Å². The molecule has 5 heteroatoms. The van der Waals surface area contributed by atoms with Gasteiger partial charge < -0.3 is 10.1 Å². The van der Waals surface area contributed by atoms with Crippen molar-refractivity contribution in [2.75, 3.05) is 11.9 Å². The standard InChI is InChI=1S/C12H15ClFNO2/c1-12(2,3)17-7-11(16)15-8-4-5-9(13)10(14)6-8/h4-6H,7H2,1-3H3,(H,15,16). The molecule has 0 saturated carbocycles. The van der Waals surface area contributed by atoms with Crippen LogP contribution in [-0.2, 0) is 9.53 Å². The highest BCUT2D eigenvalue weighted by Crippen LogP contribution is 2.18. The third kappa shape index (κ3) is 5.15. The second-order valence-corrected chi connectivity index (χ2v) is 4.99. The lowest BCUT2D eigenvalue weighted by Gasteiger charge is -2.19. The van der Waals surface area contributed by atoms with Gasteiger partial charge >= 0.3 is 0 Å². The molecule has 1 aromatic carbocycles. The topological polar surface area (TPSA) is 38.3 Å². The first kappa shape index (κ1) is 13.9. The lowest BCUT2D eigenvalue weighted by molar-refractivity contribution is -0.125. The number of hydrogen-bond acceptors (Lipinski definition) is 2.